The van der Waals surface area contributed by atoms with Gasteiger partial charge in [0.05, 0.1) is 5.92 Å². The molecule has 0 amide bonds. The molecule has 0 aliphatic carbocycles. The molecule has 0 saturated carbocycles. The predicted molar refractivity (Wildman–Crippen MR) is 118 cm³/mol. The SMILES string of the molecule is Cc1ccccc1C(=NOCCN1CCC[C@@H](C(=O)O)C1)c1ccccc1C.Cl. The predicted octanol–water partition coefficient (Wildman–Crippen LogP) is 4.29. The molecule has 3 rings (SSSR count). The Bertz CT molecular complexity index is 806. The second kappa shape index (κ2) is 11.0. The van der Waals surface area contributed by atoms with Gasteiger partial charge in [-0.15, -0.1) is 12.4 Å². The average Bonchev–Trinajstić information content (AvgIpc) is 2.70. The van der Waals surface area contributed by atoms with Crippen LogP contribution in [0.25, 0.3) is 0 Å². The van der Waals surface area contributed by atoms with Crippen molar-refractivity contribution in [1.29, 1.82) is 0 Å². The summed E-state index contributed by atoms with van der Waals surface area (Å²) in [5, 5.41) is 13.7. The second-order valence-electron chi connectivity index (χ2n) is 7.38. The monoisotopic (exact) mass is 416 g/mol. The minimum Gasteiger partial charge on any atom is -0.481 e. The summed E-state index contributed by atoms with van der Waals surface area (Å²) in [6, 6.07) is 16.3. The number of aryl methyl sites for hydroxylation is 2. The fraction of sp³-hybridized carbons (Fsp3) is 0.391. The minimum absolute atomic E-state index is 0. The van der Waals surface area contributed by atoms with E-state index in [9.17, 15) is 9.90 Å². The molecule has 5 nitrogen and oxygen atoms in total. The molecule has 1 fully saturated rings. The molecule has 1 aliphatic heterocycles. The molecule has 1 aliphatic rings. The third-order valence-corrected chi connectivity index (χ3v) is 5.31. The van der Waals surface area contributed by atoms with Gasteiger partial charge in [-0.1, -0.05) is 53.7 Å². The first-order valence-corrected chi connectivity index (χ1v) is 9.83. The van der Waals surface area contributed by atoms with E-state index < -0.39 is 5.97 Å². The number of aliphatic carboxylic acids is 1. The van der Waals surface area contributed by atoms with Crippen molar-refractivity contribution in [3.8, 4) is 0 Å². The lowest BCUT2D eigenvalue weighted by atomic mass is 9.95. The lowest BCUT2D eigenvalue weighted by Gasteiger charge is -2.30. The molecule has 2 aromatic carbocycles. The molecule has 0 bridgehead atoms. The van der Waals surface area contributed by atoms with Crippen LogP contribution in [0.3, 0.4) is 0 Å². The van der Waals surface area contributed by atoms with Crippen LogP contribution in [0.1, 0.15) is 35.1 Å². The van der Waals surface area contributed by atoms with Gasteiger partial charge in [0.2, 0.25) is 0 Å². The van der Waals surface area contributed by atoms with Gasteiger partial charge in [0, 0.05) is 24.2 Å². The number of benzene rings is 2. The smallest absolute Gasteiger partial charge is 0.307 e. The van der Waals surface area contributed by atoms with E-state index >= 15 is 0 Å². The van der Waals surface area contributed by atoms with Crippen molar-refractivity contribution in [1.82, 2.24) is 4.90 Å². The molecule has 0 unspecified atom stereocenters. The average molecular weight is 417 g/mol. The quantitative estimate of drug-likeness (QED) is 0.415. The first kappa shape index (κ1) is 22.9. The number of carboxylic acid groups (broad SMARTS) is 1. The second-order valence-corrected chi connectivity index (χ2v) is 7.38. The fourth-order valence-electron chi connectivity index (χ4n) is 3.66. The highest BCUT2D eigenvalue weighted by Crippen LogP contribution is 2.19. The van der Waals surface area contributed by atoms with Crippen molar-refractivity contribution in [2.45, 2.75) is 26.7 Å². The largest absolute Gasteiger partial charge is 0.481 e. The molecule has 2 aromatic rings. The molecule has 6 heteroatoms. The summed E-state index contributed by atoms with van der Waals surface area (Å²) < 4.78 is 0. The summed E-state index contributed by atoms with van der Waals surface area (Å²) in [6.07, 6.45) is 1.67. The Hall–Kier alpha value is -2.37. The van der Waals surface area contributed by atoms with Crippen molar-refractivity contribution >= 4 is 24.1 Å². The Morgan fingerprint density at radius 3 is 2.24 bits per heavy atom. The number of likely N-dealkylation sites (tertiary alicyclic amines) is 1. The number of hydrogen-bond acceptors (Lipinski definition) is 4. The van der Waals surface area contributed by atoms with E-state index in [1.54, 1.807) is 0 Å². The van der Waals surface area contributed by atoms with Gasteiger partial charge in [-0.3, -0.25) is 9.69 Å². The molecule has 0 radical (unpaired) electrons. The van der Waals surface area contributed by atoms with Gasteiger partial charge in [0.1, 0.15) is 12.3 Å². The number of piperidine rings is 1. The molecule has 1 atom stereocenters. The van der Waals surface area contributed by atoms with E-state index in [-0.39, 0.29) is 18.3 Å². The summed E-state index contributed by atoms with van der Waals surface area (Å²) >= 11 is 0. The van der Waals surface area contributed by atoms with Crippen molar-refractivity contribution in [3.05, 3.63) is 70.8 Å². The summed E-state index contributed by atoms with van der Waals surface area (Å²) in [7, 11) is 0. The van der Waals surface area contributed by atoms with Crippen LogP contribution in [-0.4, -0.2) is 47.9 Å². The topological polar surface area (TPSA) is 62.1 Å². The zero-order valence-corrected chi connectivity index (χ0v) is 17.8. The van der Waals surface area contributed by atoms with Crippen molar-refractivity contribution in [2.75, 3.05) is 26.2 Å². The van der Waals surface area contributed by atoms with Crippen LogP contribution in [0.2, 0.25) is 0 Å². The zero-order chi connectivity index (χ0) is 19.9. The van der Waals surface area contributed by atoms with Gasteiger partial charge in [0.15, 0.2) is 0 Å². The molecule has 156 valence electrons. The van der Waals surface area contributed by atoms with Gasteiger partial charge in [-0.05, 0) is 44.4 Å². The first-order chi connectivity index (χ1) is 13.6. The van der Waals surface area contributed by atoms with E-state index in [2.05, 4.69) is 48.2 Å². The van der Waals surface area contributed by atoms with E-state index in [1.165, 1.54) is 0 Å². The molecule has 0 spiro atoms. The number of carboxylic acids is 1. The number of nitrogens with zero attached hydrogens (tertiary/aromatic N) is 2. The maximum Gasteiger partial charge on any atom is 0.307 e. The van der Waals surface area contributed by atoms with Crippen molar-refractivity contribution in [2.24, 2.45) is 11.1 Å². The van der Waals surface area contributed by atoms with Crippen LogP contribution in [0.4, 0.5) is 0 Å². The Labute approximate surface area is 178 Å². The summed E-state index contributed by atoms with van der Waals surface area (Å²) in [5.74, 6) is -0.975. The van der Waals surface area contributed by atoms with Crippen LogP contribution < -0.4 is 0 Å². The Morgan fingerprint density at radius 2 is 1.69 bits per heavy atom. The van der Waals surface area contributed by atoms with Crippen LogP contribution in [0, 0.1) is 19.8 Å². The van der Waals surface area contributed by atoms with Crippen molar-refractivity contribution in [3.63, 3.8) is 0 Å². The molecule has 0 aromatic heterocycles. The maximum atomic E-state index is 11.2. The molecule has 1 heterocycles. The van der Waals surface area contributed by atoms with Crippen molar-refractivity contribution < 1.29 is 14.7 Å². The highest BCUT2D eigenvalue weighted by Gasteiger charge is 2.25. The standard InChI is InChI=1S/C23H28N2O3.ClH/c1-17-8-3-5-11-20(17)22(21-12-6-4-9-18(21)2)24-28-15-14-25-13-7-10-19(16-25)23(26)27;/h3-6,8-9,11-12,19H,7,10,13-16H2,1-2H3,(H,26,27);1H/t19-;/m1./s1. The number of hydrogen-bond donors (Lipinski definition) is 1. The number of oxime groups is 1. The van der Waals surface area contributed by atoms with E-state index in [4.69, 9.17) is 4.84 Å². The van der Waals surface area contributed by atoms with Crippen LogP contribution in [-0.2, 0) is 9.63 Å². The summed E-state index contributed by atoms with van der Waals surface area (Å²) in [6.45, 7) is 6.77. The van der Waals surface area contributed by atoms with Crippen LogP contribution >= 0.6 is 12.4 Å². The molecular formula is C23H29ClN2O3. The fourth-order valence-corrected chi connectivity index (χ4v) is 3.66. The summed E-state index contributed by atoms with van der Waals surface area (Å²) in [4.78, 5) is 19.1. The van der Waals surface area contributed by atoms with Crippen LogP contribution in [0.15, 0.2) is 53.7 Å². The normalized spacial score (nSPS) is 16.6. The van der Waals surface area contributed by atoms with Gasteiger partial charge in [-0.25, -0.2) is 0 Å². The Balaban J connectivity index is 0.00000300. The highest BCUT2D eigenvalue weighted by atomic mass is 35.5. The van der Waals surface area contributed by atoms with Gasteiger partial charge in [-0.2, -0.15) is 0 Å². The molecule has 29 heavy (non-hydrogen) atoms. The van der Waals surface area contributed by atoms with E-state index in [0.717, 1.165) is 47.4 Å². The highest BCUT2D eigenvalue weighted by molar-refractivity contribution is 6.14. The third-order valence-electron chi connectivity index (χ3n) is 5.31. The molecule has 1 N–H and O–H groups in total. The molecular weight excluding hydrogens is 388 g/mol. The minimum atomic E-state index is -0.704. The van der Waals surface area contributed by atoms with E-state index in [1.807, 2.05) is 24.3 Å². The van der Waals surface area contributed by atoms with Gasteiger partial charge < -0.3 is 9.94 Å². The summed E-state index contributed by atoms with van der Waals surface area (Å²) in [5.41, 5.74) is 5.24. The van der Waals surface area contributed by atoms with Crippen LogP contribution in [0.5, 0.6) is 0 Å². The molecule has 1 saturated heterocycles. The Morgan fingerprint density at radius 1 is 1.10 bits per heavy atom. The Kier molecular flexibility index (Phi) is 8.68. The lowest BCUT2D eigenvalue weighted by molar-refractivity contribution is -0.143. The van der Waals surface area contributed by atoms with Gasteiger partial charge in [0.25, 0.3) is 0 Å². The third kappa shape index (κ3) is 6.05. The van der Waals surface area contributed by atoms with E-state index in [0.29, 0.717) is 19.7 Å². The van der Waals surface area contributed by atoms with Gasteiger partial charge >= 0.3 is 5.97 Å². The number of rotatable bonds is 7. The number of carbonyl (C=O) groups is 1. The first-order valence-electron chi connectivity index (χ1n) is 9.83. The lowest BCUT2D eigenvalue weighted by Crippen LogP contribution is -2.40. The maximum absolute atomic E-state index is 11.2. The zero-order valence-electron chi connectivity index (χ0n) is 17.0. The number of halogens is 1.